The van der Waals surface area contributed by atoms with Crippen molar-refractivity contribution in [2.45, 2.75) is 126 Å². The summed E-state index contributed by atoms with van der Waals surface area (Å²) in [6, 6.07) is 0. The van der Waals surface area contributed by atoms with E-state index in [-0.39, 0.29) is 45.1 Å². The van der Waals surface area contributed by atoms with Gasteiger partial charge in [0.05, 0.1) is 5.41 Å². The molecule has 202 valence electrons. The van der Waals surface area contributed by atoms with Crippen LogP contribution in [-0.2, 0) is 14.3 Å². The molecule has 5 aliphatic rings. The van der Waals surface area contributed by atoms with Crippen LogP contribution in [0.5, 0.6) is 0 Å². The largest absolute Gasteiger partial charge is 0.481 e. The molecule has 0 saturated heterocycles. The molecule has 0 aromatic heterocycles. The Hall–Kier alpha value is -1.32. The molecule has 5 aliphatic carbocycles. The summed E-state index contributed by atoms with van der Waals surface area (Å²) >= 11 is 0. The zero-order valence-corrected chi connectivity index (χ0v) is 24.1. The Morgan fingerprint density at radius 2 is 1.56 bits per heavy atom. The van der Waals surface area contributed by atoms with E-state index in [0.29, 0.717) is 11.8 Å². The summed E-state index contributed by atoms with van der Waals surface area (Å²) < 4.78 is 5.87. The van der Waals surface area contributed by atoms with Crippen LogP contribution < -0.4 is 0 Å². The van der Waals surface area contributed by atoms with Crippen LogP contribution in [0.25, 0.3) is 0 Å². The number of carbonyl (C=O) groups excluding carboxylic acids is 1. The average Bonchev–Trinajstić information content (AvgIpc) is 2.75. The lowest BCUT2D eigenvalue weighted by atomic mass is 9.33. The zero-order chi connectivity index (χ0) is 26.5. The number of carboxylic acid groups (broad SMARTS) is 1. The summed E-state index contributed by atoms with van der Waals surface area (Å²) in [5, 5.41) is 10.5. The van der Waals surface area contributed by atoms with Crippen molar-refractivity contribution in [3.63, 3.8) is 0 Å². The summed E-state index contributed by atoms with van der Waals surface area (Å²) in [4.78, 5) is 24.7. The summed E-state index contributed by atoms with van der Waals surface area (Å²) in [6.07, 6.45) is 12.6. The molecule has 0 bridgehead atoms. The monoisotopic (exact) mass is 498 g/mol. The highest BCUT2D eigenvalue weighted by atomic mass is 16.5. The Labute approximate surface area is 219 Å². The Morgan fingerprint density at radius 1 is 0.889 bits per heavy atom. The highest BCUT2D eigenvalue weighted by Crippen LogP contribution is 2.75. The Bertz CT molecular complexity index is 992. The lowest BCUT2D eigenvalue weighted by Crippen LogP contribution is -2.65. The third-order valence-corrected chi connectivity index (χ3v) is 13.3. The van der Waals surface area contributed by atoms with E-state index < -0.39 is 11.4 Å². The van der Waals surface area contributed by atoms with Gasteiger partial charge >= 0.3 is 11.9 Å². The van der Waals surface area contributed by atoms with Gasteiger partial charge in [-0.25, -0.2) is 0 Å². The third kappa shape index (κ3) is 3.30. The molecule has 0 radical (unpaired) electrons. The van der Waals surface area contributed by atoms with Crippen LogP contribution in [0.1, 0.15) is 120 Å². The predicted octanol–water partition coefficient (Wildman–Crippen LogP) is 7.80. The normalized spacial score (nSPS) is 48.8. The van der Waals surface area contributed by atoms with E-state index in [4.69, 9.17) is 4.74 Å². The molecule has 0 aliphatic heterocycles. The lowest BCUT2D eigenvalue weighted by molar-refractivity contribution is -0.213. The number of hydrogen-bond donors (Lipinski definition) is 1. The molecule has 0 aromatic carbocycles. The van der Waals surface area contributed by atoms with E-state index in [9.17, 15) is 14.7 Å². The molecule has 4 fully saturated rings. The van der Waals surface area contributed by atoms with Crippen molar-refractivity contribution in [2.24, 2.45) is 50.2 Å². The van der Waals surface area contributed by atoms with Gasteiger partial charge in [-0.15, -0.1) is 0 Å². The summed E-state index contributed by atoms with van der Waals surface area (Å²) in [5.41, 5.74) is 1.50. The maximum Gasteiger partial charge on any atom is 0.310 e. The van der Waals surface area contributed by atoms with Crippen LogP contribution >= 0.6 is 0 Å². The maximum atomic E-state index is 12.8. The van der Waals surface area contributed by atoms with Crippen molar-refractivity contribution in [3.8, 4) is 0 Å². The van der Waals surface area contributed by atoms with Crippen molar-refractivity contribution < 1.29 is 19.4 Å². The van der Waals surface area contributed by atoms with Gasteiger partial charge in [0.2, 0.25) is 0 Å². The molecule has 1 N–H and O–H groups in total. The predicted molar refractivity (Wildman–Crippen MR) is 142 cm³/mol. The number of carbonyl (C=O) groups is 2. The van der Waals surface area contributed by atoms with Crippen LogP contribution in [0.15, 0.2) is 11.6 Å². The van der Waals surface area contributed by atoms with Gasteiger partial charge in [0.25, 0.3) is 0 Å². The van der Waals surface area contributed by atoms with Crippen LogP contribution in [0.4, 0.5) is 0 Å². The first-order valence-corrected chi connectivity index (χ1v) is 14.6. The highest BCUT2D eigenvalue weighted by Gasteiger charge is 2.69. The summed E-state index contributed by atoms with van der Waals surface area (Å²) in [6.45, 7) is 18.5. The first kappa shape index (κ1) is 26.3. The molecule has 8 atom stereocenters. The molecular weight excluding hydrogens is 448 g/mol. The van der Waals surface area contributed by atoms with Gasteiger partial charge in [0.1, 0.15) is 6.10 Å². The minimum atomic E-state index is -0.574. The Balaban J connectivity index is 1.55. The number of ether oxygens (including phenoxy) is 1. The van der Waals surface area contributed by atoms with Crippen LogP contribution in [0.3, 0.4) is 0 Å². The van der Waals surface area contributed by atoms with E-state index in [0.717, 1.165) is 57.8 Å². The molecule has 0 spiro atoms. The second-order valence-corrected chi connectivity index (χ2v) is 15.6. The van der Waals surface area contributed by atoms with E-state index >= 15 is 0 Å². The van der Waals surface area contributed by atoms with Gasteiger partial charge in [-0.1, -0.05) is 60.1 Å². The van der Waals surface area contributed by atoms with E-state index in [2.05, 4.69) is 54.5 Å². The second-order valence-electron chi connectivity index (χ2n) is 15.6. The number of esters is 1. The number of allylic oxidation sites excluding steroid dienone is 2. The first-order valence-electron chi connectivity index (χ1n) is 14.6. The van der Waals surface area contributed by atoms with Gasteiger partial charge in [0.15, 0.2) is 0 Å². The molecule has 7 unspecified atom stereocenters. The summed E-state index contributed by atoms with van der Waals surface area (Å²) in [5.74, 6) is 0.546. The van der Waals surface area contributed by atoms with Crippen molar-refractivity contribution in [3.05, 3.63) is 11.6 Å². The summed E-state index contributed by atoms with van der Waals surface area (Å²) in [7, 11) is 0. The average molecular weight is 499 g/mol. The maximum absolute atomic E-state index is 12.8. The number of hydrogen-bond acceptors (Lipinski definition) is 3. The number of rotatable bonds is 2. The minimum absolute atomic E-state index is 0.00181. The fourth-order valence-corrected chi connectivity index (χ4v) is 11.0. The molecule has 36 heavy (non-hydrogen) atoms. The fraction of sp³-hybridized carbons (Fsp3) is 0.875. The number of carboxylic acids is 1. The second kappa shape index (κ2) is 7.85. The molecular formula is C32H50O4. The SMILES string of the molecule is CC(=O)OC1CCC2(C)C3CC=C4C5CC(C)(C)CCC5(C(=O)O)CCC4(C)C3(C)CC[C@H]2C1(C)C. The molecule has 5 rings (SSSR count). The van der Waals surface area contributed by atoms with E-state index in [1.54, 1.807) is 6.92 Å². The molecule has 4 heteroatoms. The van der Waals surface area contributed by atoms with Gasteiger partial charge in [0, 0.05) is 12.3 Å². The van der Waals surface area contributed by atoms with Crippen LogP contribution in [0.2, 0.25) is 0 Å². The van der Waals surface area contributed by atoms with Crippen LogP contribution in [-0.4, -0.2) is 23.1 Å². The van der Waals surface area contributed by atoms with Crippen LogP contribution in [0, 0.1) is 50.2 Å². The van der Waals surface area contributed by atoms with Crippen molar-refractivity contribution in [1.82, 2.24) is 0 Å². The quantitative estimate of drug-likeness (QED) is 0.311. The van der Waals surface area contributed by atoms with Gasteiger partial charge in [-0.3, -0.25) is 9.59 Å². The third-order valence-electron chi connectivity index (χ3n) is 13.3. The van der Waals surface area contributed by atoms with Crippen molar-refractivity contribution >= 4 is 11.9 Å². The van der Waals surface area contributed by atoms with E-state index in [1.165, 1.54) is 12.0 Å². The fourth-order valence-electron chi connectivity index (χ4n) is 11.0. The van der Waals surface area contributed by atoms with Gasteiger partial charge < -0.3 is 9.84 Å². The van der Waals surface area contributed by atoms with Gasteiger partial charge in [-0.2, -0.15) is 0 Å². The minimum Gasteiger partial charge on any atom is -0.481 e. The van der Waals surface area contributed by atoms with Crippen molar-refractivity contribution in [1.29, 1.82) is 0 Å². The highest BCUT2D eigenvalue weighted by molar-refractivity contribution is 5.76. The lowest BCUT2D eigenvalue weighted by Gasteiger charge is -2.71. The molecule has 0 aromatic rings. The number of fused-ring (bicyclic) bond motifs is 7. The topological polar surface area (TPSA) is 63.6 Å². The van der Waals surface area contributed by atoms with Crippen molar-refractivity contribution in [2.75, 3.05) is 0 Å². The molecule has 4 nitrogen and oxygen atoms in total. The standard InChI is InChI=1S/C32H50O4/c1-20(33)36-25-12-13-29(6)23(28(25,4)5)11-14-31(8)24(29)10-9-21-22-19-27(2,3)15-17-32(22,26(34)35)18-16-30(21,31)7/h9,22-25H,10-19H2,1-8H3,(H,34,35)/t22?,23-,24?,25?,29?,30?,31?,32?/m0/s1. The molecule has 0 amide bonds. The smallest absolute Gasteiger partial charge is 0.310 e. The zero-order valence-electron chi connectivity index (χ0n) is 24.1. The molecule has 0 heterocycles. The first-order chi connectivity index (χ1) is 16.5. The number of aliphatic carboxylic acids is 1. The van der Waals surface area contributed by atoms with Gasteiger partial charge in [-0.05, 0) is 104 Å². The Kier molecular flexibility index (Phi) is 5.74. The Morgan fingerprint density at radius 3 is 2.19 bits per heavy atom. The van der Waals surface area contributed by atoms with E-state index in [1.807, 2.05) is 0 Å². The molecule has 4 saturated carbocycles.